The molecule has 1 saturated carbocycles. The summed E-state index contributed by atoms with van der Waals surface area (Å²) < 4.78 is 6.03. The molecule has 1 aliphatic carbocycles. The molecule has 0 aliphatic heterocycles. The predicted molar refractivity (Wildman–Crippen MR) is 73.9 cm³/mol. The molecule has 2 aromatic rings. The molecule has 5 heteroatoms. The van der Waals surface area contributed by atoms with E-state index in [9.17, 15) is 0 Å². The Morgan fingerprint density at radius 3 is 2.83 bits per heavy atom. The first kappa shape index (κ1) is 11.7. The highest BCUT2D eigenvalue weighted by molar-refractivity contribution is 7.16. The van der Waals surface area contributed by atoms with Crippen LogP contribution in [-0.4, -0.2) is 16.1 Å². The number of nitrogens with two attached hydrogens (primary N) is 1. The highest BCUT2D eigenvalue weighted by atomic mass is 32.1. The van der Waals surface area contributed by atoms with Crippen molar-refractivity contribution < 1.29 is 4.74 Å². The normalized spacial score (nSPS) is 24.3. The van der Waals surface area contributed by atoms with Gasteiger partial charge in [-0.05, 0) is 43.0 Å². The molecule has 0 amide bonds. The van der Waals surface area contributed by atoms with Crippen molar-refractivity contribution in [1.82, 2.24) is 9.97 Å². The fraction of sp³-hybridized carbons (Fsp3) is 0.538. The van der Waals surface area contributed by atoms with Gasteiger partial charge in [0.25, 0.3) is 0 Å². The second-order valence-corrected chi connectivity index (χ2v) is 5.92. The Kier molecular flexibility index (Phi) is 3.07. The van der Waals surface area contributed by atoms with Crippen LogP contribution in [0.2, 0.25) is 0 Å². The molecule has 0 bridgehead atoms. The SMILES string of the molecule is CC1CCC(Oc2nc(N)nc3sccc23)CC1. The lowest BCUT2D eigenvalue weighted by atomic mass is 9.89. The lowest BCUT2D eigenvalue weighted by Crippen LogP contribution is -2.23. The first-order chi connectivity index (χ1) is 8.72. The minimum atomic E-state index is 0.276. The fourth-order valence-electron chi connectivity index (χ4n) is 2.44. The monoisotopic (exact) mass is 263 g/mol. The van der Waals surface area contributed by atoms with Crippen LogP contribution in [0.15, 0.2) is 11.4 Å². The summed E-state index contributed by atoms with van der Waals surface area (Å²) in [5, 5.41) is 2.97. The van der Waals surface area contributed by atoms with E-state index in [2.05, 4.69) is 16.9 Å². The van der Waals surface area contributed by atoms with Crippen LogP contribution in [-0.2, 0) is 0 Å². The van der Waals surface area contributed by atoms with Crippen LogP contribution in [0.1, 0.15) is 32.6 Å². The number of rotatable bonds is 2. The number of aromatic nitrogens is 2. The van der Waals surface area contributed by atoms with Crippen LogP contribution in [0, 0.1) is 5.92 Å². The Morgan fingerprint density at radius 1 is 1.28 bits per heavy atom. The number of nitrogens with zero attached hydrogens (tertiary/aromatic N) is 2. The Balaban J connectivity index is 1.83. The summed E-state index contributed by atoms with van der Waals surface area (Å²) in [6.07, 6.45) is 4.96. The van der Waals surface area contributed by atoms with Crippen molar-refractivity contribution in [3.63, 3.8) is 0 Å². The quantitative estimate of drug-likeness (QED) is 0.903. The van der Waals surface area contributed by atoms with Crippen LogP contribution < -0.4 is 10.5 Å². The minimum absolute atomic E-state index is 0.276. The van der Waals surface area contributed by atoms with Gasteiger partial charge in [0.05, 0.1) is 5.39 Å². The molecule has 0 aromatic carbocycles. The van der Waals surface area contributed by atoms with Crippen LogP contribution >= 0.6 is 11.3 Å². The highest BCUT2D eigenvalue weighted by Gasteiger charge is 2.21. The van der Waals surface area contributed by atoms with Gasteiger partial charge in [-0.3, -0.25) is 0 Å². The van der Waals surface area contributed by atoms with E-state index in [1.54, 1.807) is 11.3 Å². The molecule has 0 spiro atoms. The van der Waals surface area contributed by atoms with E-state index >= 15 is 0 Å². The van der Waals surface area contributed by atoms with E-state index in [0.29, 0.717) is 11.8 Å². The van der Waals surface area contributed by atoms with Crippen LogP contribution in [0.4, 0.5) is 5.95 Å². The van der Waals surface area contributed by atoms with Crippen molar-refractivity contribution in [3.8, 4) is 5.88 Å². The van der Waals surface area contributed by atoms with Crippen LogP contribution in [0.5, 0.6) is 5.88 Å². The van der Waals surface area contributed by atoms with Gasteiger partial charge in [-0.2, -0.15) is 4.98 Å². The van der Waals surface area contributed by atoms with E-state index in [4.69, 9.17) is 10.5 Å². The van der Waals surface area contributed by atoms with Crippen LogP contribution in [0.25, 0.3) is 10.2 Å². The summed E-state index contributed by atoms with van der Waals surface area (Å²) in [4.78, 5) is 9.35. The molecule has 1 aliphatic rings. The van der Waals surface area contributed by atoms with Crippen molar-refractivity contribution in [2.24, 2.45) is 5.92 Å². The van der Waals surface area contributed by atoms with Gasteiger partial charge >= 0.3 is 0 Å². The summed E-state index contributed by atoms with van der Waals surface area (Å²) in [5.74, 6) is 1.77. The first-order valence-electron chi connectivity index (χ1n) is 6.40. The number of ether oxygens (including phenoxy) is 1. The Labute approximate surface area is 110 Å². The molecule has 2 N–H and O–H groups in total. The lowest BCUT2D eigenvalue weighted by Gasteiger charge is -2.26. The molecule has 96 valence electrons. The zero-order valence-corrected chi connectivity index (χ0v) is 11.2. The van der Waals surface area contributed by atoms with E-state index in [1.807, 2.05) is 11.4 Å². The zero-order valence-electron chi connectivity index (χ0n) is 10.4. The third-order valence-electron chi connectivity index (χ3n) is 3.55. The first-order valence-corrected chi connectivity index (χ1v) is 7.27. The number of thiophene rings is 1. The van der Waals surface area contributed by atoms with Gasteiger partial charge in [-0.1, -0.05) is 6.92 Å². The van der Waals surface area contributed by atoms with Gasteiger partial charge < -0.3 is 10.5 Å². The third-order valence-corrected chi connectivity index (χ3v) is 4.36. The number of fused-ring (bicyclic) bond motifs is 1. The molecule has 2 aromatic heterocycles. The van der Waals surface area contributed by atoms with Gasteiger partial charge in [0, 0.05) is 0 Å². The number of hydrogen-bond acceptors (Lipinski definition) is 5. The van der Waals surface area contributed by atoms with Crippen LogP contribution in [0.3, 0.4) is 0 Å². The number of anilines is 1. The zero-order chi connectivity index (χ0) is 12.5. The van der Waals surface area contributed by atoms with Gasteiger partial charge in [0.1, 0.15) is 10.9 Å². The molecule has 2 heterocycles. The Morgan fingerprint density at radius 2 is 2.06 bits per heavy atom. The molecule has 3 rings (SSSR count). The number of hydrogen-bond donors (Lipinski definition) is 1. The maximum atomic E-state index is 6.03. The molecular formula is C13H17N3OS. The van der Waals surface area contributed by atoms with Gasteiger partial charge in [0.15, 0.2) is 0 Å². The molecule has 4 nitrogen and oxygen atoms in total. The summed E-state index contributed by atoms with van der Waals surface area (Å²) >= 11 is 1.57. The van der Waals surface area contributed by atoms with Gasteiger partial charge in [-0.15, -0.1) is 11.3 Å². The Bertz CT molecular complexity index is 546. The van der Waals surface area contributed by atoms with Crippen molar-refractivity contribution in [2.45, 2.75) is 38.7 Å². The maximum Gasteiger partial charge on any atom is 0.227 e. The van der Waals surface area contributed by atoms with E-state index in [-0.39, 0.29) is 6.10 Å². The molecule has 0 unspecified atom stereocenters. The third kappa shape index (κ3) is 2.27. The van der Waals surface area contributed by atoms with Gasteiger partial charge in [-0.25, -0.2) is 4.98 Å². The largest absolute Gasteiger partial charge is 0.474 e. The molecule has 0 saturated heterocycles. The second-order valence-electron chi connectivity index (χ2n) is 5.03. The second kappa shape index (κ2) is 4.72. The summed E-state index contributed by atoms with van der Waals surface area (Å²) in [5.41, 5.74) is 5.72. The van der Waals surface area contributed by atoms with Crippen molar-refractivity contribution in [3.05, 3.63) is 11.4 Å². The minimum Gasteiger partial charge on any atom is -0.474 e. The van der Waals surface area contributed by atoms with E-state index < -0.39 is 0 Å². The molecule has 0 atom stereocenters. The smallest absolute Gasteiger partial charge is 0.227 e. The molecular weight excluding hydrogens is 246 g/mol. The molecule has 0 radical (unpaired) electrons. The van der Waals surface area contributed by atoms with Crippen molar-refractivity contribution >= 4 is 27.5 Å². The topological polar surface area (TPSA) is 61.0 Å². The summed E-state index contributed by atoms with van der Waals surface area (Å²) in [7, 11) is 0. The van der Waals surface area contributed by atoms with E-state index in [1.165, 1.54) is 12.8 Å². The molecule has 1 fully saturated rings. The predicted octanol–water partition coefficient (Wildman–Crippen LogP) is 3.23. The summed E-state index contributed by atoms with van der Waals surface area (Å²) in [6, 6.07) is 2.00. The Hall–Kier alpha value is -1.36. The van der Waals surface area contributed by atoms with Crippen molar-refractivity contribution in [2.75, 3.05) is 5.73 Å². The standard InChI is InChI=1S/C13H17N3OS/c1-8-2-4-9(5-3-8)17-11-10-6-7-18-12(10)16-13(14)15-11/h6-9H,2-5H2,1H3,(H2,14,15,16). The molecule has 18 heavy (non-hydrogen) atoms. The van der Waals surface area contributed by atoms with Crippen molar-refractivity contribution in [1.29, 1.82) is 0 Å². The lowest BCUT2D eigenvalue weighted by molar-refractivity contribution is 0.132. The van der Waals surface area contributed by atoms with Gasteiger partial charge in [0.2, 0.25) is 11.8 Å². The van der Waals surface area contributed by atoms with E-state index in [0.717, 1.165) is 29.0 Å². The summed E-state index contributed by atoms with van der Waals surface area (Å²) in [6.45, 7) is 2.30. The fourth-order valence-corrected chi connectivity index (χ4v) is 3.20. The average Bonchev–Trinajstić information content (AvgIpc) is 2.80. The maximum absolute atomic E-state index is 6.03. The number of nitrogen functional groups attached to an aromatic ring is 1. The average molecular weight is 263 g/mol. The highest BCUT2D eigenvalue weighted by Crippen LogP contribution is 2.31.